The smallest absolute Gasteiger partial charge is 0.335 e. The van der Waals surface area contributed by atoms with Crippen LogP contribution in [0.4, 0.5) is 0 Å². The van der Waals surface area contributed by atoms with Gasteiger partial charge in [-0.25, -0.2) is 4.79 Å². The minimum Gasteiger partial charge on any atom is -0.478 e. The first-order valence-corrected chi connectivity index (χ1v) is 6.37. The number of esters is 1. The normalized spacial score (nSPS) is 14.4. The molecule has 0 aliphatic rings. The van der Waals surface area contributed by atoms with Gasteiger partial charge in [-0.05, 0) is 45.4 Å². The third-order valence-electron chi connectivity index (χ3n) is 3.03. The summed E-state index contributed by atoms with van der Waals surface area (Å²) in [7, 11) is 0. The molecule has 0 amide bonds. The highest BCUT2D eigenvalue weighted by Gasteiger charge is 2.37. The first-order valence-electron chi connectivity index (χ1n) is 6.37. The first kappa shape index (κ1) is 16.2. The van der Waals surface area contributed by atoms with E-state index in [0.717, 1.165) is 0 Å². The van der Waals surface area contributed by atoms with Crippen molar-refractivity contribution in [2.75, 3.05) is 6.54 Å². The van der Waals surface area contributed by atoms with Crippen LogP contribution in [0.2, 0.25) is 0 Å². The van der Waals surface area contributed by atoms with Crippen LogP contribution in [-0.2, 0) is 14.9 Å². The summed E-state index contributed by atoms with van der Waals surface area (Å²) in [6.45, 7) is 7.13. The molecule has 0 aliphatic carbocycles. The Balaban J connectivity index is 3.10. The van der Waals surface area contributed by atoms with Crippen molar-refractivity contribution in [1.29, 1.82) is 0 Å². The molecule has 0 spiro atoms. The standard InChI is InChI=1S/C15H21NO4/c1-14(2,3)20-13(19)15(4,9-16)11-7-5-10(6-8-11)12(17)18/h5-8H,9,16H2,1-4H3,(H,17,18). The Bertz CT molecular complexity index is 502. The van der Waals surface area contributed by atoms with E-state index in [1.165, 1.54) is 12.1 Å². The minimum absolute atomic E-state index is 0.0777. The molecule has 0 aliphatic heterocycles. The molecule has 1 aromatic carbocycles. The van der Waals surface area contributed by atoms with Crippen LogP contribution in [0.25, 0.3) is 0 Å². The van der Waals surface area contributed by atoms with Crippen molar-refractivity contribution in [1.82, 2.24) is 0 Å². The monoisotopic (exact) mass is 279 g/mol. The van der Waals surface area contributed by atoms with Crippen LogP contribution in [0.15, 0.2) is 24.3 Å². The number of nitrogens with two attached hydrogens (primary N) is 1. The second-order valence-electron chi connectivity index (χ2n) is 5.92. The van der Waals surface area contributed by atoms with Crippen LogP contribution in [0.1, 0.15) is 43.6 Å². The number of hydrogen-bond donors (Lipinski definition) is 2. The highest BCUT2D eigenvalue weighted by Crippen LogP contribution is 2.27. The van der Waals surface area contributed by atoms with E-state index in [1.807, 2.05) is 0 Å². The van der Waals surface area contributed by atoms with Gasteiger partial charge >= 0.3 is 11.9 Å². The summed E-state index contributed by atoms with van der Waals surface area (Å²) >= 11 is 0. The highest BCUT2D eigenvalue weighted by molar-refractivity contribution is 5.88. The molecule has 20 heavy (non-hydrogen) atoms. The van der Waals surface area contributed by atoms with Crippen molar-refractivity contribution in [2.24, 2.45) is 5.73 Å². The lowest BCUT2D eigenvalue weighted by molar-refractivity contribution is -0.161. The third-order valence-corrected chi connectivity index (χ3v) is 3.03. The van der Waals surface area contributed by atoms with Gasteiger partial charge in [0.1, 0.15) is 11.0 Å². The fourth-order valence-electron chi connectivity index (χ4n) is 1.69. The summed E-state index contributed by atoms with van der Waals surface area (Å²) in [5.41, 5.74) is 4.94. The van der Waals surface area contributed by atoms with Crippen LogP contribution in [0.5, 0.6) is 0 Å². The Kier molecular flexibility index (Phi) is 4.55. The molecule has 1 atom stereocenters. The van der Waals surface area contributed by atoms with Gasteiger partial charge in [0.15, 0.2) is 0 Å². The fourth-order valence-corrected chi connectivity index (χ4v) is 1.69. The Morgan fingerprint density at radius 2 is 1.65 bits per heavy atom. The van der Waals surface area contributed by atoms with Crippen molar-refractivity contribution >= 4 is 11.9 Å². The number of carbonyl (C=O) groups is 2. The summed E-state index contributed by atoms with van der Waals surface area (Å²) in [5.74, 6) is -1.43. The van der Waals surface area contributed by atoms with Crippen molar-refractivity contribution in [3.05, 3.63) is 35.4 Å². The maximum Gasteiger partial charge on any atom is 0.335 e. The van der Waals surface area contributed by atoms with Gasteiger partial charge in [-0.1, -0.05) is 12.1 Å². The SMILES string of the molecule is CC(C)(C)OC(=O)C(C)(CN)c1ccc(C(=O)O)cc1. The quantitative estimate of drug-likeness (QED) is 0.822. The summed E-state index contributed by atoms with van der Waals surface area (Å²) in [5, 5.41) is 8.88. The molecule has 0 heterocycles. The van der Waals surface area contributed by atoms with E-state index in [-0.39, 0.29) is 12.1 Å². The predicted molar refractivity (Wildman–Crippen MR) is 75.7 cm³/mol. The Morgan fingerprint density at radius 3 is 2.00 bits per heavy atom. The topological polar surface area (TPSA) is 89.6 Å². The second-order valence-corrected chi connectivity index (χ2v) is 5.92. The van der Waals surface area contributed by atoms with Gasteiger partial charge in [0.2, 0.25) is 0 Å². The first-order chi connectivity index (χ1) is 9.10. The van der Waals surface area contributed by atoms with Gasteiger partial charge in [-0.2, -0.15) is 0 Å². The second kappa shape index (κ2) is 5.63. The Hall–Kier alpha value is -1.88. The van der Waals surface area contributed by atoms with E-state index in [1.54, 1.807) is 39.8 Å². The van der Waals surface area contributed by atoms with Gasteiger partial charge in [0.25, 0.3) is 0 Å². The molecule has 110 valence electrons. The maximum absolute atomic E-state index is 12.3. The van der Waals surface area contributed by atoms with Crippen LogP contribution >= 0.6 is 0 Å². The molecule has 1 unspecified atom stereocenters. The Labute approximate surface area is 118 Å². The average molecular weight is 279 g/mol. The molecule has 5 nitrogen and oxygen atoms in total. The van der Waals surface area contributed by atoms with Crippen molar-refractivity contribution < 1.29 is 19.4 Å². The molecule has 0 fully saturated rings. The van der Waals surface area contributed by atoms with Gasteiger partial charge in [0, 0.05) is 6.54 Å². The average Bonchev–Trinajstić information content (AvgIpc) is 2.35. The lowest BCUT2D eigenvalue weighted by Crippen LogP contribution is -2.44. The number of aromatic carboxylic acids is 1. The lowest BCUT2D eigenvalue weighted by atomic mass is 9.82. The maximum atomic E-state index is 12.3. The summed E-state index contributed by atoms with van der Waals surface area (Å²) in [6, 6.07) is 6.10. The highest BCUT2D eigenvalue weighted by atomic mass is 16.6. The molecule has 0 radical (unpaired) electrons. The molecular formula is C15H21NO4. The van der Waals surface area contributed by atoms with E-state index in [2.05, 4.69) is 0 Å². The van der Waals surface area contributed by atoms with Crippen molar-refractivity contribution in [3.8, 4) is 0 Å². The number of carboxylic acids is 1. The van der Waals surface area contributed by atoms with Crippen molar-refractivity contribution in [2.45, 2.75) is 38.7 Å². The lowest BCUT2D eigenvalue weighted by Gasteiger charge is -2.30. The van der Waals surface area contributed by atoms with E-state index in [0.29, 0.717) is 5.56 Å². The summed E-state index contributed by atoms with van der Waals surface area (Å²) in [6.07, 6.45) is 0. The Morgan fingerprint density at radius 1 is 1.15 bits per heavy atom. The van der Waals surface area contributed by atoms with Gasteiger partial charge < -0.3 is 15.6 Å². The van der Waals surface area contributed by atoms with Crippen LogP contribution in [0.3, 0.4) is 0 Å². The van der Waals surface area contributed by atoms with Gasteiger partial charge in [-0.3, -0.25) is 4.79 Å². The number of carboxylic acid groups (broad SMARTS) is 1. The summed E-state index contributed by atoms with van der Waals surface area (Å²) < 4.78 is 5.39. The molecule has 0 saturated carbocycles. The van der Waals surface area contributed by atoms with Gasteiger partial charge in [-0.15, -0.1) is 0 Å². The molecule has 3 N–H and O–H groups in total. The van der Waals surface area contributed by atoms with Crippen LogP contribution < -0.4 is 5.73 Å². The predicted octanol–water partition coefficient (Wildman–Crippen LogP) is 1.94. The molecule has 0 aromatic heterocycles. The molecular weight excluding hydrogens is 258 g/mol. The third kappa shape index (κ3) is 3.57. The zero-order chi connectivity index (χ0) is 15.6. The number of hydrogen-bond acceptors (Lipinski definition) is 4. The van der Waals surface area contributed by atoms with E-state index < -0.39 is 23.0 Å². The number of benzene rings is 1. The molecule has 1 rings (SSSR count). The molecule has 1 aromatic rings. The van der Waals surface area contributed by atoms with E-state index in [9.17, 15) is 9.59 Å². The van der Waals surface area contributed by atoms with E-state index in [4.69, 9.17) is 15.6 Å². The van der Waals surface area contributed by atoms with Gasteiger partial charge in [0.05, 0.1) is 5.56 Å². The number of rotatable bonds is 4. The largest absolute Gasteiger partial charge is 0.478 e. The number of ether oxygens (including phenoxy) is 1. The van der Waals surface area contributed by atoms with Crippen molar-refractivity contribution in [3.63, 3.8) is 0 Å². The van der Waals surface area contributed by atoms with Crippen LogP contribution in [0, 0.1) is 0 Å². The zero-order valence-corrected chi connectivity index (χ0v) is 12.3. The number of carbonyl (C=O) groups excluding carboxylic acids is 1. The molecule has 0 saturated heterocycles. The van der Waals surface area contributed by atoms with Crippen LogP contribution in [-0.4, -0.2) is 29.2 Å². The van der Waals surface area contributed by atoms with E-state index >= 15 is 0 Å². The zero-order valence-electron chi connectivity index (χ0n) is 12.3. The fraction of sp³-hybridized carbons (Fsp3) is 0.467. The molecule has 0 bridgehead atoms. The molecule has 5 heteroatoms. The summed E-state index contributed by atoms with van der Waals surface area (Å²) in [4.78, 5) is 23.1. The minimum atomic E-state index is -1.01.